The molecule has 6 heteroatoms. The largest absolute Gasteiger partial charge is 0.468 e. The van der Waals surface area contributed by atoms with Crippen LogP contribution in [0.4, 0.5) is 0 Å². The van der Waals surface area contributed by atoms with Crippen molar-refractivity contribution in [3.63, 3.8) is 0 Å². The molecule has 2 aromatic rings. The molecule has 0 atom stereocenters. The maximum Gasteiger partial charge on any atom is 0.341 e. The topological polar surface area (TPSA) is 57.9 Å². The number of carbonyl (C=O) groups excluding carboxylic acids is 1. The van der Waals surface area contributed by atoms with Gasteiger partial charge in [0.25, 0.3) is 0 Å². The molecule has 2 rings (SSSR count). The van der Waals surface area contributed by atoms with Crippen molar-refractivity contribution in [3.8, 4) is 17.1 Å². The lowest BCUT2D eigenvalue weighted by atomic mass is 10.1. The zero-order chi connectivity index (χ0) is 17.6. The molecule has 1 aromatic carbocycles. The van der Waals surface area contributed by atoms with Crippen LogP contribution in [0.25, 0.3) is 11.3 Å². The van der Waals surface area contributed by atoms with E-state index in [4.69, 9.17) is 18.6 Å². The predicted octanol–water partition coefficient (Wildman–Crippen LogP) is 4.42. The van der Waals surface area contributed by atoms with Gasteiger partial charge in [0.05, 0.1) is 13.4 Å². The Hall–Kier alpha value is -2.05. The van der Waals surface area contributed by atoms with Crippen molar-refractivity contribution in [2.45, 2.75) is 25.7 Å². The molecule has 1 heterocycles. The van der Waals surface area contributed by atoms with Crippen molar-refractivity contribution in [2.75, 3.05) is 20.5 Å². The SMILES string of the molecule is COC(=O)c1ccoc1-c1ccc(OCOCC[Si](C)(C)C)cc1. The highest BCUT2D eigenvalue weighted by molar-refractivity contribution is 6.76. The molecule has 0 unspecified atom stereocenters. The molecule has 0 aliphatic heterocycles. The van der Waals surface area contributed by atoms with Gasteiger partial charge in [0.15, 0.2) is 6.79 Å². The molecule has 130 valence electrons. The Balaban J connectivity index is 1.90. The molecule has 0 fully saturated rings. The third kappa shape index (κ3) is 5.25. The highest BCUT2D eigenvalue weighted by atomic mass is 28.3. The maximum absolute atomic E-state index is 11.7. The summed E-state index contributed by atoms with van der Waals surface area (Å²) in [4.78, 5) is 11.7. The summed E-state index contributed by atoms with van der Waals surface area (Å²) in [6.45, 7) is 7.90. The number of rotatable bonds is 8. The third-order valence-electron chi connectivity index (χ3n) is 3.49. The van der Waals surface area contributed by atoms with E-state index in [1.807, 2.05) is 24.3 Å². The third-order valence-corrected chi connectivity index (χ3v) is 5.20. The summed E-state index contributed by atoms with van der Waals surface area (Å²) >= 11 is 0. The highest BCUT2D eigenvalue weighted by Crippen LogP contribution is 2.27. The first-order valence-electron chi connectivity index (χ1n) is 7.87. The van der Waals surface area contributed by atoms with E-state index in [-0.39, 0.29) is 6.79 Å². The van der Waals surface area contributed by atoms with Gasteiger partial charge in [-0.25, -0.2) is 4.79 Å². The summed E-state index contributed by atoms with van der Waals surface area (Å²) < 4.78 is 21.2. The number of methoxy groups -OCH3 is 1. The minimum atomic E-state index is -1.07. The summed E-state index contributed by atoms with van der Waals surface area (Å²) in [6.07, 6.45) is 1.47. The Morgan fingerprint density at radius 2 is 1.83 bits per heavy atom. The van der Waals surface area contributed by atoms with Gasteiger partial charge in [0.1, 0.15) is 17.1 Å². The second-order valence-electron chi connectivity index (χ2n) is 6.66. The van der Waals surface area contributed by atoms with E-state index in [0.29, 0.717) is 17.1 Å². The fraction of sp³-hybridized carbons (Fsp3) is 0.389. The van der Waals surface area contributed by atoms with E-state index < -0.39 is 14.0 Å². The van der Waals surface area contributed by atoms with Crippen LogP contribution < -0.4 is 4.74 Å². The molecule has 0 radical (unpaired) electrons. The second-order valence-corrected chi connectivity index (χ2v) is 12.3. The summed E-state index contributed by atoms with van der Waals surface area (Å²) in [5.74, 6) is 0.771. The van der Waals surface area contributed by atoms with Crippen molar-refractivity contribution in [3.05, 3.63) is 42.2 Å². The number of hydrogen-bond donors (Lipinski definition) is 0. The van der Waals surface area contributed by atoms with Crippen LogP contribution in [0, 0.1) is 0 Å². The van der Waals surface area contributed by atoms with Crippen molar-refractivity contribution in [1.29, 1.82) is 0 Å². The van der Waals surface area contributed by atoms with Crippen molar-refractivity contribution >= 4 is 14.0 Å². The van der Waals surface area contributed by atoms with Crippen LogP contribution in [-0.2, 0) is 9.47 Å². The molecular formula is C18H24O5Si. The van der Waals surface area contributed by atoms with Crippen LogP contribution in [0.2, 0.25) is 25.7 Å². The van der Waals surface area contributed by atoms with Gasteiger partial charge in [-0.3, -0.25) is 0 Å². The Morgan fingerprint density at radius 1 is 1.12 bits per heavy atom. The van der Waals surface area contributed by atoms with Crippen molar-refractivity contribution < 1.29 is 23.4 Å². The van der Waals surface area contributed by atoms with Crippen LogP contribution in [0.15, 0.2) is 41.0 Å². The van der Waals surface area contributed by atoms with Crippen LogP contribution >= 0.6 is 0 Å². The molecule has 0 saturated carbocycles. The Labute approximate surface area is 143 Å². The van der Waals surface area contributed by atoms with Gasteiger partial charge in [-0.2, -0.15) is 0 Å². The first-order chi connectivity index (χ1) is 11.4. The van der Waals surface area contributed by atoms with Crippen molar-refractivity contribution in [1.82, 2.24) is 0 Å². The molecule has 0 N–H and O–H groups in total. The molecule has 0 spiro atoms. The van der Waals surface area contributed by atoms with Crippen LogP contribution in [0.5, 0.6) is 5.75 Å². The number of furan rings is 1. The summed E-state index contributed by atoms with van der Waals surface area (Å²) in [5, 5.41) is 0. The van der Waals surface area contributed by atoms with Gasteiger partial charge in [-0.15, -0.1) is 0 Å². The Morgan fingerprint density at radius 3 is 2.46 bits per heavy atom. The Kier molecular flexibility index (Phi) is 6.22. The lowest BCUT2D eigenvalue weighted by molar-refractivity contribution is 0.0220. The smallest absolute Gasteiger partial charge is 0.341 e. The second kappa shape index (κ2) is 8.17. The quantitative estimate of drug-likeness (QED) is 0.306. The van der Waals surface area contributed by atoms with E-state index in [1.54, 1.807) is 6.07 Å². The van der Waals surface area contributed by atoms with Gasteiger partial charge in [-0.05, 0) is 36.4 Å². The molecule has 0 bridgehead atoms. The average molecular weight is 348 g/mol. The molecule has 0 aliphatic carbocycles. The minimum Gasteiger partial charge on any atom is -0.468 e. The number of hydrogen-bond acceptors (Lipinski definition) is 5. The average Bonchev–Trinajstić information content (AvgIpc) is 3.03. The molecule has 0 aliphatic rings. The van der Waals surface area contributed by atoms with E-state index in [1.165, 1.54) is 13.4 Å². The van der Waals surface area contributed by atoms with E-state index in [2.05, 4.69) is 19.6 Å². The van der Waals surface area contributed by atoms with Gasteiger partial charge >= 0.3 is 5.97 Å². The zero-order valence-electron chi connectivity index (χ0n) is 14.6. The number of benzene rings is 1. The standard InChI is InChI=1S/C18H24O5Si/c1-20-18(19)16-9-10-22-17(16)14-5-7-15(8-6-14)23-13-21-11-12-24(2,3)4/h5-10H,11-13H2,1-4H3. The van der Waals surface area contributed by atoms with Crippen LogP contribution in [0.3, 0.4) is 0 Å². The fourth-order valence-electron chi connectivity index (χ4n) is 2.05. The molecule has 1 aromatic heterocycles. The molecule has 24 heavy (non-hydrogen) atoms. The lowest BCUT2D eigenvalue weighted by Gasteiger charge is -2.15. The fourth-order valence-corrected chi connectivity index (χ4v) is 2.81. The number of ether oxygens (including phenoxy) is 3. The van der Waals surface area contributed by atoms with Crippen LogP contribution in [-0.4, -0.2) is 34.6 Å². The lowest BCUT2D eigenvalue weighted by Crippen LogP contribution is -2.22. The van der Waals surface area contributed by atoms with E-state index in [9.17, 15) is 4.79 Å². The Bertz CT molecular complexity index is 655. The summed E-state index contributed by atoms with van der Waals surface area (Å²) in [6, 6.07) is 10.0. The highest BCUT2D eigenvalue weighted by Gasteiger charge is 2.16. The summed E-state index contributed by atoms with van der Waals surface area (Å²) in [5.41, 5.74) is 1.19. The maximum atomic E-state index is 11.7. The first kappa shape index (κ1) is 18.3. The number of esters is 1. The minimum absolute atomic E-state index is 0.234. The number of carbonyl (C=O) groups is 1. The molecule has 0 saturated heterocycles. The van der Waals surface area contributed by atoms with E-state index >= 15 is 0 Å². The normalized spacial score (nSPS) is 11.3. The predicted molar refractivity (Wildman–Crippen MR) is 95.1 cm³/mol. The van der Waals surface area contributed by atoms with Crippen molar-refractivity contribution in [2.24, 2.45) is 0 Å². The van der Waals surface area contributed by atoms with Gasteiger partial charge in [-0.1, -0.05) is 19.6 Å². The van der Waals surface area contributed by atoms with Gasteiger partial charge < -0.3 is 18.6 Å². The zero-order valence-corrected chi connectivity index (χ0v) is 15.6. The molecule has 0 amide bonds. The monoisotopic (exact) mass is 348 g/mol. The van der Waals surface area contributed by atoms with Crippen LogP contribution in [0.1, 0.15) is 10.4 Å². The molecular weight excluding hydrogens is 324 g/mol. The first-order valence-corrected chi connectivity index (χ1v) is 11.6. The van der Waals surface area contributed by atoms with E-state index in [0.717, 1.165) is 18.2 Å². The summed E-state index contributed by atoms with van der Waals surface area (Å²) in [7, 11) is 0.274. The van der Waals surface area contributed by atoms with Gasteiger partial charge in [0, 0.05) is 20.2 Å². The van der Waals surface area contributed by atoms with Gasteiger partial charge in [0.2, 0.25) is 0 Å². The molecule has 5 nitrogen and oxygen atoms in total.